The van der Waals surface area contributed by atoms with Crippen LogP contribution in [-0.2, 0) is 11.3 Å². The van der Waals surface area contributed by atoms with Crippen LogP contribution in [0, 0.1) is 0 Å². The number of pyridine rings is 1. The molecule has 0 radical (unpaired) electrons. The van der Waals surface area contributed by atoms with Crippen molar-refractivity contribution in [2.75, 3.05) is 6.61 Å². The zero-order valence-corrected chi connectivity index (χ0v) is 10.2. The van der Waals surface area contributed by atoms with E-state index in [1.54, 1.807) is 18.3 Å². The van der Waals surface area contributed by atoms with Gasteiger partial charge in [-0.1, -0.05) is 0 Å². The maximum absolute atomic E-state index is 10.9. The Morgan fingerprint density at radius 2 is 2.32 bits per heavy atom. The first-order chi connectivity index (χ1) is 9.07. The highest BCUT2D eigenvalue weighted by Crippen LogP contribution is 2.35. The number of rotatable bonds is 5. The minimum absolute atomic E-state index is 0.134. The second kappa shape index (κ2) is 4.32. The molecule has 1 aliphatic rings. The molecule has 0 aromatic carbocycles. The van der Waals surface area contributed by atoms with Crippen LogP contribution in [0.2, 0.25) is 0 Å². The second-order valence-electron chi connectivity index (χ2n) is 4.93. The fourth-order valence-corrected chi connectivity index (χ4v) is 1.92. The highest BCUT2D eigenvalue weighted by molar-refractivity contribution is 5.86. The lowest BCUT2D eigenvalue weighted by Gasteiger charge is -2.08. The molecule has 0 saturated heterocycles. The van der Waals surface area contributed by atoms with Crippen LogP contribution in [-0.4, -0.2) is 37.8 Å². The predicted molar refractivity (Wildman–Crippen MR) is 66.0 cm³/mol. The van der Waals surface area contributed by atoms with Gasteiger partial charge in [-0.15, -0.1) is 0 Å². The highest BCUT2D eigenvalue weighted by Gasteiger charge is 2.40. The molecule has 19 heavy (non-hydrogen) atoms. The van der Waals surface area contributed by atoms with Gasteiger partial charge in [0.25, 0.3) is 0 Å². The molecule has 3 rings (SSSR count). The summed E-state index contributed by atoms with van der Waals surface area (Å²) in [6.07, 6.45) is 4.59. The van der Waals surface area contributed by atoms with Gasteiger partial charge in [0.15, 0.2) is 5.69 Å². The Labute approximate surface area is 109 Å². The van der Waals surface area contributed by atoms with Gasteiger partial charge in [0.05, 0.1) is 25.0 Å². The Kier molecular flexibility index (Phi) is 2.76. The van der Waals surface area contributed by atoms with Crippen molar-refractivity contribution in [2.24, 2.45) is 0 Å². The van der Waals surface area contributed by atoms with E-state index in [0.29, 0.717) is 18.9 Å². The summed E-state index contributed by atoms with van der Waals surface area (Å²) in [4.78, 5) is 15.0. The molecule has 2 heterocycles. The van der Waals surface area contributed by atoms with Gasteiger partial charge >= 0.3 is 5.97 Å². The van der Waals surface area contributed by atoms with Gasteiger partial charge in [-0.2, -0.15) is 0 Å². The molecule has 1 fully saturated rings. The molecular formula is C13H14N2O4. The monoisotopic (exact) mass is 262 g/mol. The number of carboxylic acids is 1. The van der Waals surface area contributed by atoms with Crippen molar-refractivity contribution in [3.05, 3.63) is 35.8 Å². The molecule has 0 aliphatic heterocycles. The van der Waals surface area contributed by atoms with Gasteiger partial charge in [-0.25, -0.2) is 9.78 Å². The van der Waals surface area contributed by atoms with Crippen LogP contribution in [0.5, 0.6) is 0 Å². The molecule has 0 spiro atoms. The fourth-order valence-electron chi connectivity index (χ4n) is 1.92. The zero-order chi connectivity index (χ0) is 13.5. The van der Waals surface area contributed by atoms with Crippen LogP contribution < -0.4 is 0 Å². The third kappa shape index (κ3) is 2.45. The number of hydrogen-bond acceptors (Lipinski definition) is 4. The number of ether oxygens (including phenoxy) is 1. The number of aliphatic hydroxyl groups is 1. The van der Waals surface area contributed by atoms with E-state index < -0.39 is 11.6 Å². The zero-order valence-electron chi connectivity index (χ0n) is 10.2. The molecular weight excluding hydrogens is 248 g/mol. The molecule has 6 heteroatoms. The third-order valence-corrected chi connectivity index (χ3v) is 3.26. The smallest absolute Gasteiger partial charge is 0.354 e. The Balaban J connectivity index is 1.72. The lowest BCUT2D eigenvalue weighted by Crippen LogP contribution is -2.15. The predicted octanol–water partition coefficient (Wildman–Crippen LogP) is 1.07. The molecule has 2 N–H and O–H groups in total. The van der Waals surface area contributed by atoms with Crippen LogP contribution in [0.1, 0.15) is 28.9 Å². The van der Waals surface area contributed by atoms with Crippen molar-refractivity contribution >= 4 is 11.6 Å². The molecule has 0 amide bonds. The van der Waals surface area contributed by atoms with Gasteiger partial charge in [0.2, 0.25) is 0 Å². The van der Waals surface area contributed by atoms with Gasteiger partial charge in [-0.3, -0.25) is 4.40 Å². The third-order valence-electron chi connectivity index (χ3n) is 3.26. The minimum Gasteiger partial charge on any atom is -0.477 e. The van der Waals surface area contributed by atoms with Crippen LogP contribution in [0.25, 0.3) is 5.65 Å². The minimum atomic E-state index is -1.01. The SMILES string of the molecule is O=C(O)c1cnc2cc(COCC3(O)CC3)ccn12. The Hall–Kier alpha value is -1.92. The molecule has 2 aromatic rings. The molecule has 2 aromatic heterocycles. The van der Waals surface area contributed by atoms with Crippen molar-refractivity contribution < 1.29 is 19.7 Å². The molecule has 0 bridgehead atoms. The Morgan fingerprint density at radius 1 is 1.53 bits per heavy atom. The number of aromatic nitrogens is 2. The van der Waals surface area contributed by atoms with Gasteiger partial charge in [-0.05, 0) is 30.5 Å². The van der Waals surface area contributed by atoms with E-state index in [-0.39, 0.29) is 5.69 Å². The van der Waals surface area contributed by atoms with Crippen LogP contribution in [0.15, 0.2) is 24.5 Å². The Morgan fingerprint density at radius 3 is 3.00 bits per heavy atom. The lowest BCUT2D eigenvalue weighted by molar-refractivity contribution is 0.0131. The number of hydrogen-bond donors (Lipinski definition) is 2. The van der Waals surface area contributed by atoms with E-state index >= 15 is 0 Å². The number of nitrogens with zero attached hydrogens (tertiary/aromatic N) is 2. The number of carboxylic acid groups (broad SMARTS) is 1. The first-order valence-electron chi connectivity index (χ1n) is 6.07. The summed E-state index contributed by atoms with van der Waals surface area (Å²) in [6.45, 7) is 0.723. The van der Waals surface area contributed by atoms with Crippen molar-refractivity contribution in [2.45, 2.75) is 25.0 Å². The highest BCUT2D eigenvalue weighted by atomic mass is 16.5. The summed E-state index contributed by atoms with van der Waals surface area (Å²) in [7, 11) is 0. The molecule has 0 atom stereocenters. The van der Waals surface area contributed by atoms with Crippen molar-refractivity contribution in [1.29, 1.82) is 0 Å². The normalized spacial score (nSPS) is 16.7. The molecule has 1 saturated carbocycles. The molecule has 1 aliphatic carbocycles. The summed E-state index contributed by atoms with van der Waals surface area (Å²) < 4.78 is 6.96. The topological polar surface area (TPSA) is 84.1 Å². The molecule has 6 nitrogen and oxygen atoms in total. The number of aromatic carboxylic acids is 1. The van der Waals surface area contributed by atoms with Crippen LogP contribution >= 0.6 is 0 Å². The van der Waals surface area contributed by atoms with Gasteiger partial charge in [0, 0.05) is 6.20 Å². The summed E-state index contributed by atoms with van der Waals surface area (Å²) >= 11 is 0. The largest absolute Gasteiger partial charge is 0.477 e. The second-order valence-corrected chi connectivity index (χ2v) is 4.93. The average Bonchev–Trinajstić information content (AvgIpc) is 2.95. The number of fused-ring (bicyclic) bond motifs is 1. The lowest BCUT2D eigenvalue weighted by atomic mass is 10.3. The average molecular weight is 262 g/mol. The molecule has 0 unspecified atom stereocenters. The quantitative estimate of drug-likeness (QED) is 0.842. The van der Waals surface area contributed by atoms with Crippen molar-refractivity contribution in [1.82, 2.24) is 9.38 Å². The standard InChI is InChI=1S/C13H14N2O4/c16-12(17)10-6-14-11-5-9(1-4-15(10)11)7-19-8-13(18)2-3-13/h1,4-6,18H,2-3,7-8H2,(H,16,17). The Bertz CT molecular complexity index is 631. The summed E-state index contributed by atoms with van der Waals surface area (Å²) in [5.41, 5.74) is 0.992. The maximum atomic E-state index is 10.9. The summed E-state index contributed by atoms with van der Waals surface area (Å²) in [5, 5.41) is 18.6. The summed E-state index contributed by atoms with van der Waals surface area (Å²) in [6, 6.07) is 3.57. The number of carbonyl (C=O) groups is 1. The van der Waals surface area contributed by atoms with Crippen LogP contribution in [0.3, 0.4) is 0 Å². The van der Waals surface area contributed by atoms with Crippen LogP contribution in [0.4, 0.5) is 0 Å². The van der Waals surface area contributed by atoms with E-state index in [0.717, 1.165) is 18.4 Å². The van der Waals surface area contributed by atoms with E-state index in [4.69, 9.17) is 9.84 Å². The van der Waals surface area contributed by atoms with Crippen molar-refractivity contribution in [3.8, 4) is 0 Å². The van der Waals surface area contributed by atoms with E-state index in [1.807, 2.05) is 0 Å². The van der Waals surface area contributed by atoms with E-state index in [2.05, 4.69) is 4.98 Å². The van der Waals surface area contributed by atoms with E-state index in [1.165, 1.54) is 10.6 Å². The maximum Gasteiger partial charge on any atom is 0.354 e. The molecule has 100 valence electrons. The van der Waals surface area contributed by atoms with Crippen molar-refractivity contribution in [3.63, 3.8) is 0 Å². The van der Waals surface area contributed by atoms with E-state index in [9.17, 15) is 9.90 Å². The van der Waals surface area contributed by atoms with Gasteiger partial charge in [0.1, 0.15) is 5.65 Å². The first kappa shape index (κ1) is 12.1. The fraction of sp³-hybridized carbons (Fsp3) is 0.385. The first-order valence-corrected chi connectivity index (χ1v) is 6.07. The number of imidazole rings is 1. The van der Waals surface area contributed by atoms with Gasteiger partial charge < -0.3 is 14.9 Å². The summed E-state index contributed by atoms with van der Waals surface area (Å²) in [5.74, 6) is -1.01.